The molecule has 0 aliphatic rings. The number of amides is 2. The van der Waals surface area contributed by atoms with Crippen LogP contribution in [0.4, 0.5) is 0 Å². The molecule has 7 heteroatoms. The summed E-state index contributed by atoms with van der Waals surface area (Å²) in [5.41, 5.74) is 5.16. The molecule has 3 N–H and O–H groups in total. The third kappa shape index (κ3) is 6.19. The fourth-order valence-electron chi connectivity index (χ4n) is 1.35. The molecule has 0 rings (SSSR count). The van der Waals surface area contributed by atoms with Gasteiger partial charge in [-0.3, -0.25) is 14.4 Å². The molecule has 0 aromatic heterocycles. The van der Waals surface area contributed by atoms with Crippen molar-refractivity contribution >= 4 is 17.8 Å². The number of carbonyl (C=O) groups is 3. The third-order valence-corrected chi connectivity index (χ3v) is 2.23. The van der Waals surface area contributed by atoms with Gasteiger partial charge in [-0.2, -0.15) is 0 Å². The summed E-state index contributed by atoms with van der Waals surface area (Å²) in [7, 11) is 1.36. The largest absolute Gasteiger partial charge is 0.466 e. The van der Waals surface area contributed by atoms with Crippen molar-refractivity contribution < 1.29 is 23.9 Å². The minimum atomic E-state index is -0.910. The maximum absolute atomic E-state index is 11.4. The van der Waals surface area contributed by atoms with Gasteiger partial charge in [-0.1, -0.05) is 6.92 Å². The molecule has 0 spiro atoms. The van der Waals surface area contributed by atoms with Gasteiger partial charge in [0.15, 0.2) is 0 Å². The van der Waals surface area contributed by atoms with Crippen molar-refractivity contribution in [3.8, 4) is 0 Å². The first kappa shape index (κ1) is 16.4. The highest BCUT2D eigenvalue weighted by molar-refractivity contribution is 5.87. The van der Waals surface area contributed by atoms with E-state index in [-0.39, 0.29) is 19.6 Å². The molecule has 0 saturated carbocycles. The van der Waals surface area contributed by atoms with Gasteiger partial charge < -0.3 is 20.5 Å². The molecule has 0 aliphatic carbocycles. The molecule has 0 aromatic carbocycles. The van der Waals surface area contributed by atoms with Gasteiger partial charge in [0.2, 0.25) is 11.8 Å². The van der Waals surface area contributed by atoms with Gasteiger partial charge >= 0.3 is 5.97 Å². The number of methoxy groups -OCH3 is 1. The van der Waals surface area contributed by atoms with Crippen LogP contribution in [0.5, 0.6) is 0 Å². The van der Waals surface area contributed by atoms with E-state index in [0.717, 1.165) is 0 Å². The van der Waals surface area contributed by atoms with E-state index >= 15 is 0 Å². The Morgan fingerprint density at radius 2 is 1.94 bits per heavy atom. The molecule has 18 heavy (non-hydrogen) atoms. The van der Waals surface area contributed by atoms with E-state index in [1.807, 2.05) is 0 Å². The van der Waals surface area contributed by atoms with Crippen LogP contribution < -0.4 is 11.1 Å². The van der Waals surface area contributed by atoms with E-state index < -0.39 is 29.7 Å². The molecule has 0 aromatic rings. The minimum Gasteiger partial charge on any atom is -0.466 e. The van der Waals surface area contributed by atoms with Crippen LogP contribution in [0.25, 0.3) is 0 Å². The SMILES string of the molecule is CCOC(=O)[C@H](C)C[C@@H](NC(=O)COC)C(N)=O. The number of carbonyl (C=O) groups excluding carboxylic acids is 3. The predicted molar refractivity (Wildman–Crippen MR) is 63.4 cm³/mol. The van der Waals surface area contributed by atoms with Crippen LogP contribution in [0.1, 0.15) is 20.3 Å². The second kappa shape index (κ2) is 8.46. The summed E-state index contributed by atoms with van der Waals surface area (Å²) in [5, 5.41) is 2.40. The zero-order valence-corrected chi connectivity index (χ0v) is 10.9. The first-order valence-corrected chi connectivity index (χ1v) is 5.66. The molecule has 0 bridgehead atoms. The molecule has 0 heterocycles. The molecule has 0 aliphatic heterocycles. The normalized spacial score (nSPS) is 13.5. The van der Waals surface area contributed by atoms with Gasteiger partial charge in [-0.25, -0.2) is 0 Å². The minimum absolute atomic E-state index is 0.101. The van der Waals surface area contributed by atoms with Crippen LogP contribution in [-0.2, 0) is 23.9 Å². The number of nitrogens with one attached hydrogen (secondary N) is 1. The predicted octanol–water partition coefficient (Wildman–Crippen LogP) is -0.808. The van der Waals surface area contributed by atoms with E-state index in [9.17, 15) is 14.4 Å². The molecule has 2 atom stereocenters. The van der Waals surface area contributed by atoms with Crippen molar-refractivity contribution in [2.75, 3.05) is 20.3 Å². The van der Waals surface area contributed by atoms with Crippen LogP contribution in [0, 0.1) is 5.92 Å². The maximum atomic E-state index is 11.4. The second-order valence-corrected chi connectivity index (χ2v) is 3.84. The lowest BCUT2D eigenvalue weighted by molar-refractivity contribution is -0.148. The maximum Gasteiger partial charge on any atom is 0.308 e. The topological polar surface area (TPSA) is 108 Å². The molecule has 0 radical (unpaired) electrons. The Labute approximate surface area is 106 Å². The number of nitrogens with two attached hydrogens (primary N) is 1. The smallest absolute Gasteiger partial charge is 0.308 e. The van der Waals surface area contributed by atoms with Gasteiger partial charge in [0, 0.05) is 7.11 Å². The van der Waals surface area contributed by atoms with E-state index in [1.54, 1.807) is 13.8 Å². The third-order valence-electron chi connectivity index (χ3n) is 2.23. The Morgan fingerprint density at radius 3 is 2.39 bits per heavy atom. The average Bonchev–Trinajstić information content (AvgIpc) is 2.28. The average molecular weight is 260 g/mol. The summed E-state index contributed by atoms with van der Waals surface area (Å²) in [6.45, 7) is 3.39. The van der Waals surface area contributed by atoms with E-state index in [1.165, 1.54) is 7.11 Å². The van der Waals surface area contributed by atoms with Gasteiger partial charge in [0.05, 0.1) is 12.5 Å². The fourth-order valence-corrected chi connectivity index (χ4v) is 1.35. The number of esters is 1. The lowest BCUT2D eigenvalue weighted by Crippen LogP contribution is -2.47. The van der Waals surface area contributed by atoms with Gasteiger partial charge in [-0.15, -0.1) is 0 Å². The van der Waals surface area contributed by atoms with E-state index in [2.05, 4.69) is 10.1 Å². The van der Waals surface area contributed by atoms with Gasteiger partial charge in [0.1, 0.15) is 12.6 Å². The molecular weight excluding hydrogens is 240 g/mol. The highest BCUT2D eigenvalue weighted by atomic mass is 16.5. The van der Waals surface area contributed by atoms with Crippen LogP contribution in [0.2, 0.25) is 0 Å². The molecule has 0 fully saturated rings. The second-order valence-electron chi connectivity index (χ2n) is 3.84. The molecule has 0 unspecified atom stereocenters. The van der Waals surface area contributed by atoms with Crippen molar-refractivity contribution in [1.29, 1.82) is 0 Å². The Kier molecular flexibility index (Phi) is 7.69. The lowest BCUT2D eigenvalue weighted by Gasteiger charge is -2.18. The lowest BCUT2D eigenvalue weighted by atomic mass is 10.0. The molecular formula is C11H20N2O5. The Bertz CT molecular complexity index is 306. The zero-order valence-electron chi connectivity index (χ0n) is 10.9. The first-order chi connectivity index (χ1) is 8.42. The Balaban J connectivity index is 4.40. The number of hydrogen-bond acceptors (Lipinski definition) is 5. The number of hydrogen-bond donors (Lipinski definition) is 2. The summed E-state index contributed by atoms with van der Waals surface area (Å²) in [6, 6.07) is -0.910. The molecule has 2 amide bonds. The van der Waals surface area contributed by atoms with E-state index in [0.29, 0.717) is 0 Å². The van der Waals surface area contributed by atoms with Crippen LogP contribution in [0.15, 0.2) is 0 Å². The van der Waals surface area contributed by atoms with Crippen LogP contribution in [-0.4, -0.2) is 44.1 Å². The summed E-state index contributed by atoms with van der Waals surface area (Å²) in [5.74, 6) is -2.11. The van der Waals surface area contributed by atoms with Crippen LogP contribution >= 0.6 is 0 Å². The van der Waals surface area contributed by atoms with Crippen molar-refractivity contribution in [3.63, 3.8) is 0 Å². The number of primary amides is 1. The number of rotatable bonds is 8. The van der Waals surface area contributed by atoms with Gasteiger partial charge in [0.25, 0.3) is 0 Å². The monoisotopic (exact) mass is 260 g/mol. The van der Waals surface area contributed by atoms with Crippen molar-refractivity contribution in [3.05, 3.63) is 0 Å². The first-order valence-electron chi connectivity index (χ1n) is 5.66. The standard InChI is InChI=1S/C11H20N2O5/c1-4-18-11(16)7(2)5-8(10(12)15)13-9(14)6-17-3/h7-8H,4-6H2,1-3H3,(H2,12,15)(H,13,14)/t7-,8-/m1/s1. The molecule has 7 nitrogen and oxygen atoms in total. The Hall–Kier alpha value is -1.63. The van der Waals surface area contributed by atoms with Crippen LogP contribution in [0.3, 0.4) is 0 Å². The summed E-state index contributed by atoms with van der Waals surface area (Å²) in [4.78, 5) is 33.8. The molecule has 0 saturated heterocycles. The molecule has 104 valence electrons. The zero-order chi connectivity index (χ0) is 14.1. The highest BCUT2D eigenvalue weighted by Crippen LogP contribution is 2.08. The number of ether oxygens (including phenoxy) is 2. The van der Waals surface area contributed by atoms with Crippen molar-refractivity contribution in [2.45, 2.75) is 26.3 Å². The van der Waals surface area contributed by atoms with Gasteiger partial charge in [-0.05, 0) is 13.3 Å². The van der Waals surface area contributed by atoms with E-state index in [4.69, 9.17) is 10.5 Å². The van der Waals surface area contributed by atoms with Crippen molar-refractivity contribution in [2.24, 2.45) is 11.7 Å². The van der Waals surface area contributed by atoms with Crippen molar-refractivity contribution in [1.82, 2.24) is 5.32 Å². The Morgan fingerprint density at radius 1 is 1.33 bits per heavy atom. The summed E-state index contributed by atoms with van der Waals surface area (Å²) < 4.78 is 9.43. The quantitative estimate of drug-likeness (QED) is 0.555. The summed E-state index contributed by atoms with van der Waals surface area (Å²) >= 11 is 0. The fraction of sp³-hybridized carbons (Fsp3) is 0.727. The highest BCUT2D eigenvalue weighted by Gasteiger charge is 2.24. The summed E-state index contributed by atoms with van der Waals surface area (Å²) in [6.07, 6.45) is 0.101.